The molecule has 0 radical (unpaired) electrons. The monoisotopic (exact) mass is 176 g/mol. The summed E-state index contributed by atoms with van der Waals surface area (Å²) in [4.78, 5) is 0. The normalized spacial score (nSPS) is 13.4. The zero-order valence-electron chi connectivity index (χ0n) is 5.97. The average Bonchev–Trinajstić information content (AvgIpc) is 1.63. The van der Waals surface area contributed by atoms with E-state index in [0.717, 1.165) is 0 Å². The SMILES string of the molecule is CC(O)C(C)O.OB(O)O.[NaH]. The second-order valence-electron chi connectivity index (χ2n) is 1.83. The first kappa shape index (κ1) is 17.8. The number of hydrogen-bond donors (Lipinski definition) is 5. The Kier molecular flexibility index (Phi) is 17.6. The predicted molar refractivity (Wildman–Crippen MR) is 42.9 cm³/mol. The maximum atomic E-state index is 8.38. The van der Waals surface area contributed by atoms with Gasteiger partial charge in [-0.25, -0.2) is 0 Å². The van der Waals surface area contributed by atoms with E-state index >= 15 is 0 Å². The number of aliphatic hydroxyl groups is 2. The molecule has 0 saturated heterocycles. The van der Waals surface area contributed by atoms with Crippen LogP contribution in [0.5, 0.6) is 0 Å². The van der Waals surface area contributed by atoms with Gasteiger partial charge in [-0.3, -0.25) is 0 Å². The Balaban J connectivity index is -0.000000114. The van der Waals surface area contributed by atoms with Crippen molar-refractivity contribution in [2.45, 2.75) is 26.1 Å². The van der Waals surface area contributed by atoms with Crippen LogP contribution < -0.4 is 0 Å². The number of hydrogen-bond acceptors (Lipinski definition) is 5. The van der Waals surface area contributed by atoms with Crippen LogP contribution in [-0.4, -0.2) is 74.4 Å². The summed E-state index contributed by atoms with van der Waals surface area (Å²) in [5.74, 6) is 0. The summed E-state index contributed by atoms with van der Waals surface area (Å²) < 4.78 is 0. The van der Waals surface area contributed by atoms with Crippen LogP contribution in [0.1, 0.15) is 13.8 Å². The molecule has 0 aliphatic rings. The molecular weight excluding hydrogens is 162 g/mol. The van der Waals surface area contributed by atoms with Crippen molar-refractivity contribution in [1.29, 1.82) is 0 Å². The molecule has 0 bridgehead atoms. The van der Waals surface area contributed by atoms with Crippen molar-refractivity contribution < 1.29 is 25.3 Å². The molecule has 2 atom stereocenters. The Bertz CT molecular complexity index is 60.7. The maximum absolute atomic E-state index is 8.38. The van der Waals surface area contributed by atoms with Crippen LogP contribution in [0.2, 0.25) is 0 Å². The summed E-state index contributed by atoms with van der Waals surface area (Å²) >= 11 is 0. The van der Waals surface area contributed by atoms with Crippen molar-refractivity contribution in [2.75, 3.05) is 0 Å². The van der Waals surface area contributed by atoms with Crippen molar-refractivity contribution in [3.05, 3.63) is 0 Å². The Labute approximate surface area is 88.2 Å². The number of aliphatic hydroxyl groups excluding tert-OH is 2. The minimum absolute atomic E-state index is 0. The third-order valence-electron chi connectivity index (χ3n) is 0.698. The molecule has 0 aromatic heterocycles. The van der Waals surface area contributed by atoms with Gasteiger partial charge in [0.15, 0.2) is 0 Å². The summed E-state index contributed by atoms with van der Waals surface area (Å²) in [5, 5.41) is 38.3. The molecule has 64 valence electrons. The Morgan fingerprint density at radius 1 is 0.909 bits per heavy atom. The first-order valence-corrected chi connectivity index (χ1v) is 2.78. The molecule has 0 aliphatic carbocycles. The van der Waals surface area contributed by atoms with Crippen LogP contribution in [0.3, 0.4) is 0 Å². The van der Waals surface area contributed by atoms with Gasteiger partial charge in [-0.05, 0) is 13.8 Å². The molecule has 2 unspecified atom stereocenters. The Morgan fingerprint density at radius 3 is 1.00 bits per heavy atom. The van der Waals surface area contributed by atoms with Gasteiger partial charge < -0.3 is 25.3 Å². The van der Waals surface area contributed by atoms with E-state index in [4.69, 9.17) is 25.3 Å². The van der Waals surface area contributed by atoms with Crippen molar-refractivity contribution in [1.82, 2.24) is 0 Å². The molecule has 0 aliphatic heterocycles. The topological polar surface area (TPSA) is 101 Å². The molecule has 0 spiro atoms. The van der Waals surface area contributed by atoms with E-state index < -0.39 is 19.5 Å². The molecule has 0 aromatic carbocycles. The van der Waals surface area contributed by atoms with Crippen molar-refractivity contribution in [3.63, 3.8) is 0 Å². The van der Waals surface area contributed by atoms with Crippen LogP contribution >= 0.6 is 0 Å². The molecule has 5 N–H and O–H groups in total. The summed E-state index contributed by atoms with van der Waals surface area (Å²) in [6, 6.07) is 0. The molecule has 0 amide bonds. The molecule has 0 aromatic rings. The minimum atomic E-state index is -2.17. The molecule has 0 fully saturated rings. The predicted octanol–water partition coefficient (Wildman–Crippen LogP) is -2.95. The van der Waals surface area contributed by atoms with Crippen molar-refractivity contribution in [2.24, 2.45) is 0 Å². The van der Waals surface area contributed by atoms with E-state index in [9.17, 15) is 0 Å². The van der Waals surface area contributed by atoms with Crippen molar-refractivity contribution >= 4 is 36.9 Å². The van der Waals surface area contributed by atoms with Gasteiger partial charge in [-0.15, -0.1) is 0 Å². The molecular formula is C4H14BNaO5. The second kappa shape index (κ2) is 10.9. The summed E-state index contributed by atoms with van der Waals surface area (Å²) in [6.45, 7) is 3.09. The Hall–Kier alpha value is 0.865. The van der Waals surface area contributed by atoms with E-state index in [-0.39, 0.29) is 29.6 Å². The summed E-state index contributed by atoms with van der Waals surface area (Å²) in [7, 11) is -2.17. The number of rotatable bonds is 1. The van der Waals surface area contributed by atoms with Crippen LogP contribution in [0.4, 0.5) is 0 Å². The van der Waals surface area contributed by atoms with Gasteiger partial charge in [0, 0.05) is 0 Å². The van der Waals surface area contributed by atoms with Gasteiger partial charge in [-0.2, -0.15) is 0 Å². The fourth-order valence-electron chi connectivity index (χ4n) is 0. The van der Waals surface area contributed by atoms with Gasteiger partial charge in [0.1, 0.15) is 0 Å². The molecule has 11 heavy (non-hydrogen) atoms. The van der Waals surface area contributed by atoms with E-state index in [1.807, 2.05) is 0 Å². The Morgan fingerprint density at radius 2 is 1.00 bits per heavy atom. The van der Waals surface area contributed by atoms with E-state index in [1.165, 1.54) is 0 Å². The second-order valence-corrected chi connectivity index (χ2v) is 1.83. The van der Waals surface area contributed by atoms with Crippen molar-refractivity contribution in [3.8, 4) is 0 Å². The third kappa shape index (κ3) is 36.1. The molecule has 0 saturated carbocycles. The van der Waals surface area contributed by atoms with Crippen LogP contribution in [0, 0.1) is 0 Å². The standard InChI is InChI=1S/C4H10O2.BH3O3.Na.H/c1-3(5)4(2)6;2-1(3)4;;/h3-6H,1-2H3;2-4H;;. The van der Waals surface area contributed by atoms with Gasteiger partial charge in [0.05, 0.1) is 12.2 Å². The van der Waals surface area contributed by atoms with E-state index in [2.05, 4.69) is 0 Å². The molecule has 0 heterocycles. The quantitative estimate of drug-likeness (QED) is 0.275. The van der Waals surface area contributed by atoms with Gasteiger partial charge in [-0.1, -0.05) is 0 Å². The zero-order chi connectivity index (χ0) is 8.73. The molecule has 7 heteroatoms. The first-order valence-electron chi connectivity index (χ1n) is 2.78. The molecule has 5 nitrogen and oxygen atoms in total. The van der Waals surface area contributed by atoms with Crippen LogP contribution in [-0.2, 0) is 0 Å². The third-order valence-corrected chi connectivity index (χ3v) is 0.698. The fourth-order valence-corrected chi connectivity index (χ4v) is 0. The first-order chi connectivity index (χ1) is 4.37. The van der Waals surface area contributed by atoms with Gasteiger partial charge in [0.25, 0.3) is 0 Å². The van der Waals surface area contributed by atoms with Gasteiger partial charge >= 0.3 is 36.9 Å². The van der Waals surface area contributed by atoms with E-state index in [0.29, 0.717) is 0 Å². The average molecular weight is 176 g/mol. The van der Waals surface area contributed by atoms with Crippen LogP contribution in [0.15, 0.2) is 0 Å². The van der Waals surface area contributed by atoms with Gasteiger partial charge in [0.2, 0.25) is 0 Å². The summed E-state index contributed by atoms with van der Waals surface area (Å²) in [5.41, 5.74) is 0. The molecule has 0 rings (SSSR count). The fraction of sp³-hybridized carbons (Fsp3) is 1.00. The zero-order valence-corrected chi connectivity index (χ0v) is 5.97. The summed E-state index contributed by atoms with van der Waals surface area (Å²) in [6.07, 6.45) is -1.19. The van der Waals surface area contributed by atoms with Crippen LogP contribution in [0.25, 0.3) is 0 Å². The van der Waals surface area contributed by atoms with E-state index in [1.54, 1.807) is 13.8 Å².